The summed E-state index contributed by atoms with van der Waals surface area (Å²) in [5, 5.41) is 15.9. The number of aromatic nitrogens is 1. The van der Waals surface area contributed by atoms with Crippen LogP contribution in [0.15, 0.2) is 58.7 Å². The van der Waals surface area contributed by atoms with Crippen molar-refractivity contribution in [2.75, 3.05) is 5.32 Å². The summed E-state index contributed by atoms with van der Waals surface area (Å²) >= 11 is 0. The Hall–Kier alpha value is -3.48. The molecule has 1 aromatic heterocycles. The molecule has 7 nitrogen and oxygen atoms in total. The van der Waals surface area contributed by atoms with Crippen LogP contribution in [0, 0.1) is 4.91 Å². The molecule has 2 N–H and O–H groups in total. The van der Waals surface area contributed by atoms with Crippen molar-refractivity contribution >= 4 is 22.5 Å². The van der Waals surface area contributed by atoms with E-state index in [-0.39, 0.29) is 22.1 Å². The number of anilines is 1. The summed E-state index contributed by atoms with van der Waals surface area (Å²) in [5.74, 6) is -0.642. The molecule has 0 radical (unpaired) electrons. The highest BCUT2D eigenvalue weighted by Gasteiger charge is 2.20. The molecule has 0 fully saturated rings. The SMILES string of the molecule is CC(C)(C)c1ccc(NC(=O)c2cn(N=O)c3ccccc3c2=O)cc1O. The normalized spacial score (nSPS) is 11.4. The van der Waals surface area contributed by atoms with E-state index in [1.807, 2.05) is 20.8 Å². The number of hydrogen-bond acceptors (Lipinski definition) is 5. The first kappa shape index (κ1) is 18.3. The van der Waals surface area contributed by atoms with Crippen LogP contribution in [0.3, 0.4) is 0 Å². The Labute approximate surface area is 155 Å². The number of nitrogens with one attached hydrogen (secondary N) is 1. The fourth-order valence-electron chi connectivity index (χ4n) is 2.93. The number of amides is 1. The summed E-state index contributed by atoms with van der Waals surface area (Å²) in [6.07, 6.45) is 1.11. The zero-order valence-corrected chi connectivity index (χ0v) is 15.2. The highest BCUT2D eigenvalue weighted by atomic mass is 16.3. The van der Waals surface area contributed by atoms with E-state index in [1.54, 1.807) is 30.3 Å². The van der Waals surface area contributed by atoms with Crippen molar-refractivity contribution in [1.82, 2.24) is 4.68 Å². The van der Waals surface area contributed by atoms with Gasteiger partial charge in [0.05, 0.1) is 10.8 Å². The van der Waals surface area contributed by atoms with Crippen LogP contribution in [0.4, 0.5) is 5.69 Å². The Morgan fingerprint density at radius 2 is 1.85 bits per heavy atom. The molecule has 27 heavy (non-hydrogen) atoms. The molecule has 0 aliphatic rings. The lowest BCUT2D eigenvalue weighted by Crippen LogP contribution is -2.23. The number of carbonyl (C=O) groups excluding carboxylic acids is 1. The monoisotopic (exact) mass is 365 g/mol. The van der Waals surface area contributed by atoms with E-state index in [4.69, 9.17) is 0 Å². The topological polar surface area (TPSA) is 101 Å². The molecule has 3 rings (SSSR count). The minimum atomic E-state index is -0.689. The first-order chi connectivity index (χ1) is 12.7. The van der Waals surface area contributed by atoms with Crippen LogP contribution < -0.4 is 10.7 Å². The number of phenols is 1. The van der Waals surface area contributed by atoms with E-state index < -0.39 is 11.3 Å². The van der Waals surface area contributed by atoms with E-state index in [0.29, 0.717) is 11.2 Å². The van der Waals surface area contributed by atoms with Crippen molar-refractivity contribution < 1.29 is 9.90 Å². The van der Waals surface area contributed by atoms with E-state index in [1.165, 1.54) is 12.1 Å². The smallest absolute Gasteiger partial charge is 0.261 e. The van der Waals surface area contributed by atoms with Gasteiger partial charge in [0, 0.05) is 23.3 Å². The quantitative estimate of drug-likeness (QED) is 0.690. The molecule has 138 valence electrons. The summed E-state index contributed by atoms with van der Waals surface area (Å²) in [4.78, 5) is 36.3. The summed E-state index contributed by atoms with van der Waals surface area (Å²) in [7, 11) is 0. The average molecular weight is 365 g/mol. The summed E-state index contributed by atoms with van der Waals surface area (Å²) < 4.78 is 0.950. The molecule has 0 atom stereocenters. The molecule has 0 unspecified atom stereocenters. The predicted octanol–water partition coefficient (Wildman–Crippen LogP) is 3.79. The molecule has 0 saturated heterocycles. The van der Waals surface area contributed by atoms with Gasteiger partial charge in [-0.3, -0.25) is 9.59 Å². The number of phenolic OH excluding ortho intramolecular Hbond substituents is 1. The molecule has 7 heteroatoms. The van der Waals surface area contributed by atoms with Crippen molar-refractivity contribution in [2.45, 2.75) is 26.2 Å². The highest BCUT2D eigenvalue weighted by Crippen LogP contribution is 2.32. The Kier molecular flexibility index (Phi) is 4.53. The molecule has 1 amide bonds. The first-order valence-electron chi connectivity index (χ1n) is 8.35. The summed E-state index contributed by atoms with van der Waals surface area (Å²) in [6, 6.07) is 11.2. The highest BCUT2D eigenvalue weighted by molar-refractivity contribution is 6.05. The lowest BCUT2D eigenvalue weighted by Gasteiger charge is -2.20. The molecule has 0 aliphatic heterocycles. The first-order valence-corrected chi connectivity index (χ1v) is 8.35. The molecule has 0 aliphatic carbocycles. The van der Waals surface area contributed by atoms with Crippen LogP contribution in [0.25, 0.3) is 10.9 Å². The summed E-state index contributed by atoms with van der Waals surface area (Å²) in [6.45, 7) is 5.89. The summed E-state index contributed by atoms with van der Waals surface area (Å²) in [5.41, 5.74) is 0.420. The minimum absolute atomic E-state index is 0.0470. The third kappa shape index (κ3) is 3.44. The maximum absolute atomic E-state index is 12.6. The van der Waals surface area contributed by atoms with E-state index in [2.05, 4.69) is 10.6 Å². The van der Waals surface area contributed by atoms with Gasteiger partial charge in [-0.2, -0.15) is 0 Å². The number of carbonyl (C=O) groups is 1. The molecule has 0 bridgehead atoms. The van der Waals surface area contributed by atoms with Crippen LogP contribution in [0.1, 0.15) is 36.7 Å². The lowest BCUT2D eigenvalue weighted by atomic mass is 9.86. The third-order valence-electron chi connectivity index (χ3n) is 4.29. The molecule has 0 saturated carbocycles. The second-order valence-corrected chi connectivity index (χ2v) is 7.25. The minimum Gasteiger partial charge on any atom is -0.508 e. The molecule has 0 spiro atoms. The molecule has 3 aromatic rings. The second-order valence-electron chi connectivity index (χ2n) is 7.25. The number of aromatic hydroxyl groups is 1. The predicted molar refractivity (Wildman–Crippen MR) is 104 cm³/mol. The average Bonchev–Trinajstić information content (AvgIpc) is 2.61. The van der Waals surface area contributed by atoms with Crippen molar-refractivity contribution in [3.05, 3.63) is 74.9 Å². The van der Waals surface area contributed by atoms with Gasteiger partial charge in [0.15, 0.2) is 0 Å². The number of nitroso groups, excluding NO2 is 1. The van der Waals surface area contributed by atoms with Crippen LogP contribution >= 0.6 is 0 Å². The maximum Gasteiger partial charge on any atom is 0.261 e. The van der Waals surface area contributed by atoms with Gasteiger partial charge in [-0.25, -0.2) is 4.68 Å². The lowest BCUT2D eigenvalue weighted by molar-refractivity contribution is 0.102. The fourth-order valence-corrected chi connectivity index (χ4v) is 2.93. The Bertz CT molecular complexity index is 1110. The van der Waals surface area contributed by atoms with E-state index >= 15 is 0 Å². The van der Waals surface area contributed by atoms with Crippen molar-refractivity contribution in [3.63, 3.8) is 0 Å². The Morgan fingerprint density at radius 1 is 1.15 bits per heavy atom. The number of para-hydroxylation sites is 1. The number of benzene rings is 2. The van der Waals surface area contributed by atoms with Crippen LogP contribution in [0.5, 0.6) is 5.75 Å². The van der Waals surface area contributed by atoms with Gasteiger partial charge in [-0.1, -0.05) is 39.0 Å². The zero-order valence-electron chi connectivity index (χ0n) is 15.2. The number of nitrogens with zero attached hydrogens (tertiary/aromatic N) is 2. The molecule has 1 heterocycles. The van der Waals surface area contributed by atoms with Gasteiger partial charge in [0.25, 0.3) is 5.91 Å². The molecular formula is C20H19N3O4. The maximum atomic E-state index is 12.6. The van der Waals surface area contributed by atoms with Crippen molar-refractivity contribution in [3.8, 4) is 5.75 Å². The van der Waals surface area contributed by atoms with Gasteiger partial charge < -0.3 is 10.4 Å². The zero-order chi connectivity index (χ0) is 19.8. The fraction of sp³-hybridized carbons (Fsp3) is 0.200. The number of rotatable bonds is 3. The van der Waals surface area contributed by atoms with Crippen LogP contribution in [-0.2, 0) is 5.41 Å². The Balaban J connectivity index is 2.00. The third-order valence-corrected chi connectivity index (χ3v) is 4.29. The van der Waals surface area contributed by atoms with Gasteiger partial charge in [0.1, 0.15) is 11.3 Å². The largest absolute Gasteiger partial charge is 0.508 e. The number of fused-ring (bicyclic) bond motifs is 1. The van der Waals surface area contributed by atoms with Gasteiger partial charge in [-0.05, 0) is 29.2 Å². The van der Waals surface area contributed by atoms with Gasteiger partial charge in [-0.15, -0.1) is 4.91 Å². The molecule has 2 aromatic carbocycles. The molecular weight excluding hydrogens is 346 g/mol. The number of pyridine rings is 1. The van der Waals surface area contributed by atoms with E-state index in [0.717, 1.165) is 16.4 Å². The van der Waals surface area contributed by atoms with Crippen LogP contribution in [-0.4, -0.2) is 15.7 Å². The van der Waals surface area contributed by atoms with Gasteiger partial charge in [0.2, 0.25) is 5.43 Å². The standard InChI is InChI=1S/C20H19N3O4/c1-20(2,3)15-9-8-12(10-17(15)24)21-19(26)14-11-23(22-27)16-7-5-4-6-13(16)18(14)25/h4-11,24H,1-3H3,(H,21,26). The second kappa shape index (κ2) is 6.68. The van der Waals surface area contributed by atoms with E-state index in [9.17, 15) is 19.6 Å². The number of hydrogen-bond donors (Lipinski definition) is 2. The van der Waals surface area contributed by atoms with Crippen molar-refractivity contribution in [1.29, 1.82) is 0 Å². The van der Waals surface area contributed by atoms with Crippen molar-refractivity contribution in [2.24, 2.45) is 5.29 Å². The van der Waals surface area contributed by atoms with Crippen LogP contribution in [0.2, 0.25) is 0 Å². The van der Waals surface area contributed by atoms with Gasteiger partial charge >= 0.3 is 0 Å². The Morgan fingerprint density at radius 3 is 2.48 bits per heavy atom.